The lowest BCUT2D eigenvalue weighted by Crippen LogP contribution is -2.30. The maximum atomic E-state index is 11.5. The highest BCUT2D eigenvalue weighted by molar-refractivity contribution is 9.10. The molecule has 0 unspecified atom stereocenters. The van der Waals surface area contributed by atoms with Gasteiger partial charge in [-0.15, -0.1) is 11.8 Å². The number of rotatable bonds is 4. The number of carbonyl (C=O) groups excluding carboxylic acids is 1. The average molecular weight is 356 g/mol. The van der Waals surface area contributed by atoms with E-state index in [2.05, 4.69) is 21.4 Å². The Morgan fingerprint density at radius 3 is 2.85 bits per heavy atom. The molecule has 0 bridgehead atoms. The Balaban J connectivity index is 2.09. The van der Waals surface area contributed by atoms with E-state index in [9.17, 15) is 4.79 Å². The number of carbonyl (C=O) groups is 1. The van der Waals surface area contributed by atoms with Gasteiger partial charge >= 0.3 is 0 Å². The predicted molar refractivity (Wildman–Crippen MR) is 83.2 cm³/mol. The smallest absolute Gasteiger partial charge is 0.268 e. The number of nitrogen functional groups attached to an aromatic ring is 2. The first-order chi connectivity index (χ1) is 9.51. The fourth-order valence-corrected chi connectivity index (χ4v) is 3.24. The van der Waals surface area contributed by atoms with Crippen LogP contribution in [0.5, 0.6) is 0 Å². The first kappa shape index (κ1) is 15.0. The molecule has 5 nitrogen and oxygen atoms in total. The van der Waals surface area contributed by atoms with E-state index in [0.717, 1.165) is 15.1 Å². The maximum absolute atomic E-state index is 11.5. The summed E-state index contributed by atoms with van der Waals surface area (Å²) in [6, 6.07) is 7.33. The number of benzene rings is 1. The molecule has 0 saturated carbocycles. The van der Waals surface area contributed by atoms with E-state index < -0.39 is 0 Å². The first-order valence-electron chi connectivity index (χ1n) is 5.79. The summed E-state index contributed by atoms with van der Waals surface area (Å²) in [5, 5.41) is 0. The summed E-state index contributed by atoms with van der Waals surface area (Å²) in [4.78, 5) is 12.5. The molecule has 2 aromatic rings. The molecule has 0 fully saturated rings. The van der Waals surface area contributed by atoms with E-state index >= 15 is 0 Å². The number of nitrogens with two attached hydrogens (primary N) is 2. The second kappa shape index (κ2) is 6.34. The third-order valence-electron chi connectivity index (χ3n) is 2.67. The van der Waals surface area contributed by atoms with E-state index in [1.54, 1.807) is 24.8 Å². The number of furan rings is 1. The van der Waals surface area contributed by atoms with Crippen LogP contribution in [0.3, 0.4) is 0 Å². The molecule has 0 atom stereocenters. The van der Waals surface area contributed by atoms with E-state index in [1.807, 2.05) is 18.2 Å². The fourth-order valence-electron chi connectivity index (χ4n) is 1.70. The van der Waals surface area contributed by atoms with Gasteiger partial charge in [0.05, 0.1) is 11.3 Å². The van der Waals surface area contributed by atoms with Gasteiger partial charge in [0.1, 0.15) is 11.5 Å². The van der Waals surface area contributed by atoms with Crippen molar-refractivity contribution in [2.45, 2.75) is 17.6 Å². The van der Waals surface area contributed by atoms with Crippen LogP contribution in [0.1, 0.15) is 21.9 Å². The van der Waals surface area contributed by atoms with E-state index in [4.69, 9.17) is 16.0 Å². The normalized spacial score (nSPS) is 10.6. The molecular formula is C13H14BrN3O2S. The molecule has 0 saturated heterocycles. The SMILES string of the molecule is Cc1oc(CSc2ccc(N)cc2Br)cc1C(=O)NN. The van der Waals surface area contributed by atoms with Crippen molar-refractivity contribution >= 4 is 39.3 Å². The highest BCUT2D eigenvalue weighted by Gasteiger charge is 2.14. The van der Waals surface area contributed by atoms with Gasteiger partial charge in [-0.3, -0.25) is 10.2 Å². The molecular weight excluding hydrogens is 342 g/mol. The van der Waals surface area contributed by atoms with Gasteiger partial charge in [-0.25, -0.2) is 5.84 Å². The third-order valence-corrected chi connectivity index (χ3v) is 4.68. The molecule has 20 heavy (non-hydrogen) atoms. The van der Waals surface area contributed by atoms with Crippen LogP contribution in [0.2, 0.25) is 0 Å². The van der Waals surface area contributed by atoms with Crippen molar-refractivity contribution in [3.05, 3.63) is 45.8 Å². The van der Waals surface area contributed by atoms with Crippen molar-refractivity contribution in [2.75, 3.05) is 5.73 Å². The second-order valence-electron chi connectivity index (χ2n) is 4.13. The van der Waals surface area contributed by atoms with Crippen LogP contribution in [0.25, 0.3) is 0 Å². The molecule has 0 radical (unpaired) electrons. The minimum absolute atomic E-state index is 0.351. The zero-order valence-corrected chi connectivity index (χ0v) is 13.2. The number of hydrogen-bond donors (Lipinski definition) is 3. The Bertz CT molecular complexity index is 643. The molecule has 0 aliphatic rings. The van der Waals surface area contributed by atoms with Crippen molar-refractivity contribution in [1.82, 2.24) is 5.43 Å². The summed E-state index contributed by atoms with van der Waals surface area (Å²) < 4.78 is 6.48. The Morgan fingerprint density at radius 2 is 2.20 bits per heavy atom. The zero-order chi connectivity index (χ0) is 14.7. The van der Waals surface area contributed by atoms with Gasteiger partial charge in [0.2, 0.25) is 0 Å². The number of hydrogen-bond acceptors (Lipinski definition) is 5. The number of halogens is 1. The largest absolute Gasteiger partial charge is 0.465 e. The summed E-state index contributed by atoms with van der Waals surface area (Å²) in [7, 11) is 0. The van der Waals surface area contributed by atoms with Crippen LogP contribution in [-0.4, -0.2) is 5.91 Å². The van der Waals surface area contributed by atoms with Gasteiger partial charge in [-0.05, 0) is 47.1 Å². The third kappa shape index (κ3) is 3.36. The molecule has 1 heterocycles. The molecule has 0 aliphatic heterocycles. The minimum atomic E-state index is -0.351. The summed E-state index contributed by atoms with van der Waals surface area (Å²) >= 11 is 5.05. The molecule has 106 valence electrons. The summed E-state index contributed by atoms with van der Waals surface area (Å²) in [6.45, 7) is 1.73. The highest BCUT2D eigenvalue weighted by atomic mass is 79.9. The van der Waals surface area contributed by atoms with Gasteiger partial charge in [0.15, 0.2) is 0 Å². The lowest BCUT2D eigenvalue weighted by Gasteiger charge is -2.03. The number of aryl methyl sites for hydroxylation is 1. The standard InChI is InChI=1S/C13H14BrN3O2S/c1-7-10(13(18)17-16)5-9(19-7)6-20-12-3-2-8(15)4-11(12)14/h2-5H,6,15-16H2,1H3,(H,17,18). The van der Waals surface area contributed by atoms with Crippen molar-refractivity contribution < 1.29 is 9.21 Å². The topological polar surface area (TPSA) is 94.3 Å². The van der Waals surface area contributed by atoms with Gasteiger partial charge in [-0.1, -0.05) is 0 Å². The Kier molecular flexibility index (Phi) is 4.74. The summed E-state index contributed by atoms with van der Waals surface area (Å²) in [5.74, 6) is 6.65. The number of nitrogens with one attached hydrogen (secondary N) is 1. The molecule has 1 aromatic carbocycles. The molecule has 5 N–H and O–H groups in total. The maximum Gasteiger partial charge on any atom is 0.268 e. The molecule has 2 rings (SSSR count). The van der Waals surface area contributed by atoms with E-state index in [0.29, 0.717) is 22.8 Å². The van der Waals surface area contributed by atoms with Crippen molar-refractivity contribution in [2.24, 2.45) is 5.84 Å². The second-order valence-corrected chi connectivity index (χ2v) is 6.01. The van der Waals surface area contributed by atoms with Crippen LogP contribution in [0, 0.1) is 6.92 Å². The number of thioether (sulfide) groups is 1. The van der Waals surface area contributed by atoms with Crippen LogP contribution in [-0.2, 0) is 5.75 Å². The van der Waals surface area contributed by atoms with Gasteiger partial charge in [-0.2, -0.15) is 0 Å². The zero-order valence-electron chi connectivity index (χ0n) is 10.8. The number of amides is 1. The van der Waals surface area contributed by atoms with Gasteiger partial charge in [0, 0.05) is 15.1 Å². The average Bonchev–Trinajstić information content (AvgIpc) is 2.78. The Morgan fingerprint density at radius 1 is 1.45 bits per heavy atom. The fraction of sp³-hybridized carbons (Fsp3) is 0.154. The van der Waals surface area contributed by atoms with E-state index in [1.165, 1.54) is 0 Å². The lowest BCUT2D eigenvalue weighted by molar-refractivity contribution is 0.0952. The monoisotopic (exact) mass is 355 g/mol. The van der Waals surface area contributed by atoms with E-state index in [-0.39, 0.29) is 5.91 Å². The Hall–Kier alpha value is -1.44. The van der Waals surface area contributed by atoms with Gasteiger partial charge < -0.3 is 10.2 Å². The Labute approximate surface area is 129 Å². The molecule has 0 spiro atoms. The number of anilines is 1. The van der Waals surface area contributed by atoms with Crippen LogP contribution < -0.4 is 17.0 Å². The molecule has 1 amide bonds. The summed E-state index contributed by atoms with van der Waals surface area (Å²) in [5.41, 5.74) is 8.95. The van der Waals surface area contributed by atoms with Crippen molar-refractivity contribution in [3.63, 3.8) is 0 Å². The van der Waals surface area contributed by atoms with Crippen molar-refractivity contribution in [3.8, 4) is 0 Å². The van der Waals surface area contributed by atoms with Crippen molar-refractivity contribution in [1.29, 1.82) is 0 Å². The quantitative estimate of drug-likeness (QED) is 0.257. The first-order valence-corrected chi connectivity index (χ1v) is 7.57. The van der Waals surface area contributed by atoms with Crippen LogP contribution in [0.4, 0.5) is 5.69 Å². The van der Waals surface area contributed by atoms with Gasteiger partial charge in [0.25, 0.3) is 5.91 Å². The minimum Gasteiger partial charge on any atom is -0.465 e. The predicted octanol–water partition coefficient (Wildman–Crippen LogP) is 2.83. The lowest BCUT2D eigenvalue weighted by atomic mass is 10.2. The molecule has 0 aliphatic carbocycles. The molecule has 1 aromatic heterocycles. The number of hydrazine groups is 1. The summed E-state index contributed by atoms with van der Waals surface area (Å²) in [6.07, 6.45) is 0. The van der Waals surface area contributed by atoms with Crippen LogP contribution in [0.15, 0.2) is 38.1 Å². The molecule has 7 heteroatoms. The highest BCUT2D eigenvalue weighted by Crippen LogP contribution is 2.32. The van der Waals surface area contributed by atoms with Crippen LogP contribution >= 0.6 is 27.7 Å².